The molecule has 0 saturated heterocycles. The van der Waals surface area contributed by atoms with Gasteiger partial charge in [-0.2, -0.15) is 0 Å². The molecule has 2 nitrogen and oxygen atoms in total. The summed E-state index contributed by atoms with van der Waals surface area (Å²) in [6.45, 7) is 11.4. The van der Waals surface area contributed by atoms with E-state index >= 15 is 0 Å². The predicted octanol–water partition coefficient (Wildman–Crippen LogP) is 28.6. The molecule has 0 unspecified atom stereocenters. The normalized spacial score (nSPS) is 12.5. The van der Waals surface area contributed by atoms with Gasteiger partial charge in [0.15, 0.2) is 0 Å². The first-order chi connectivity index (χ1) is 40.6. The number of benzene rings is 2. The van der Waals surface area contributed by atoms with E-state index in [0.717, 1.165) is 54.6 Å². The van der Waals surface area contributed by atoms with Crippen molar-refractivity contribution in [2.24, 2.45) is 0 Å². The van der Waals surface area contributed by atoms with Crippen LogP contribution in [0.5, 0.6) is 0 Å². The van der Waals surface area contributed by atoms with Gasteiger partial charge in [0, 0.05) is 22.8 Å². The molecule has 0 amide bonds. The molecule has 1 aliphatic rings. The standard InChI is InChI=1S/C55H90N2.2C12H25.Ni/c1-4-7-10-12-14-15-16-17-18-19-20-21-22-23-24-25-26-27-28-29-30-31-32-34-35-38-49-43-45-51(46-44-49)54-48-53(41-9-6-3)55(57(54)56)52-42-37-40-50(47-52)39-36-33-13-11-8-5-2;2*1-3-5-7-9-11-12-10-8-6-4-2;/h37,40,42-48H,4-36,38-39,41H2,1-3H3;2*1,3-12H2,2H3;. The Hall–Kier alpha value is -1.99. The summed E-state index contributed by atoms with van der Waals surface area (Å²) in [4.78, 5) is 0. The van der Waals surface area contributed by atoms with Crippen LogP contribution in [0.25, 0.3) is 16.9 Å². The molecular formula is C79H140N2Ni. The van der Waals surface area contributed by atoms with Crippen molar-refractivity contribution in [3.63, 3.8) is 0 Å². The minimum atomic E-state index is 0.911. The topological polar surface area (TPSA) is 25.3 Å². The Labute approximate surface area is 520 Å². The molecule has 0 aromatic heterocycles. The molecule has 3 heteroatoms. The SMILES string of the molecule is CCCCCCCCCCCCCCCCCCCCCCCCCCCc1ccc(C2=CC(CCCC)=C(c3cccc(CCCCCCCC)c3)[N+]2=[N-])cc1.CCCCCCCCCCC[CH2][Ni][CH2]CCCCCCCCCCC. The van der Waals surface area contributed by atoms with Crippen molar-refractivity contribution < 1.29 is 19.1 Å². The number of hydrogen-bond donors (Lipinski definition) is 0. The van der Waals surface area contributed by atoms with Gasteiger partial charge < -0.3 is 5.53 Å². The molecule has 3 rings (SSSR count). The van der Waals surface area contributed by atoms with Crippen LogP contribution in [0.2, 0.25) is 10.8 Å². The number of allylic oxidation sites excluding steroid dienone is 2. The average molecular weight is 1180 g/mol. The zero-order valence-electron chi connectivity index (χ0n) is 55.9. The van der Waals surface area contributed by atoms with Crippen LogP contribution >= 0.6 is 0 Å². The Kier molecular flexibility index (Phi) is 55.1. The van der Waals surface area contributed by atoms with E-state index in [1.54, 1.807) is 0 Å². The van der Waals surface area contributed by atoms with Crippen LogP contribution in [0.1, 0.15) is 404 Å². The summed E-state index contributed by atoms with van der Waals surface area (Å²) in [5.74, 6) is 0. The van der Waals surface area contributed by atoms with Gasteiger partial charge in [0.05, 0.1) is 0 Å². The number of hydrogen-bond acceptors (Lipinski definition) is 0. The molecule has 0 fully saturated rings. The third-order valence-corrected chi connectivity index (χ3v) is 19.2. The number of rotatable bonds is 60. The molecule has 1 heterocycles. The molecule has 0 N–H and O–H groups in total. The summed E-state index contributed by atoms with van der Waals surface area (Å²) in [6.07, 6.45) is 80.9. The monoisotopic (exact) mass is 1180 g/mol. The van der Waals surface area contributed by atoms with Gasteiger partial charge in [0.25, 0.3) is 0 Å². The van der Waals surface area contributed by atoms with Gasteiger partial charge in [0.2, 0.25) is 11.4 Å². The fourth-order valence-corrected chi connectivity index (χ4v) is 13.5. The first kappa shape index (κ1) is 76.1. The quantitative estimate of drug-likeness (QED) is 0.0358. The van der Waals surface area contributed by atoms with Crippen molar-refractivity contribution in [2.75, 3.05) is 0 Å². The molecule has 0 saturated carbocycles. The second-order valence-corrected chi connectivity index (χ2v) is 27.3. The van der Waals surface area contributed by atoms with Crippen LogP contribution in [-0.4, -0.2) is 4.70 Å². The maximum atomic E-state index is 11.6. The first-order valence-electron chi connectivity index (χ1n) is 37.2. The Morgan fingerprint density at radius 1 is 0.293 bits per heavy atom. The van der Waals surface area contributed by atoms with E-state index in [2.05, 4.69) is 89.2 Å². The maximum absolute atomic E-state index is 11.6. The van der Waals surface area contributed by atoms with Crippen molar-refractivity contribution in [3.8, 4) is 0 Å². The summed E-state index contributed by atoms with van der Waals surface area (Å²) in [5.41, 5.74) is 19.8. The van der Waals surface area contributed by atoms with Crippen LogP contribution in [0.3, 0.4) is 0 Å². The fraction of sp³-hybridized carbons (Fsp3) is 0.797. The van der Waals surface area contributed by atoms with Crippen LogP contribution in [-0.2, 0) is 27.3 Å². The van der Waals surface area contributed by atoms with Crippen molar-refractivity contribution in [1.29, 1.82) is 0 Å². The fourth-order valence-electron chi connectivity index (χ4n) is 12.3. The molecule has 0 aliphatic carbocycles. The summed E-state index contributed by atoms with van der Waals surface area (Å²) >= 11 is 2.03. The summed E-state index contributed by atoms with van der Waals surface area (Å²) in [7, 11) is 0. The number of nitrogens with zero attached hydrogens (tertiary/aromatic N) is 2. The van der Waals surface area contributed by atoms with Crippen molar-refractivity contribution in [3.05, 3.63) is 88.0 Å². The van der Waals surface area contributed by atoms with Crippen LogP contribution in [0.15, 0.2) is 60.2 Å². The van der Waals surface area contributed by atoms with E-state index in [9.17, 15) is 5.53 Å². The molecule has 0 atom stereocenters. The second kappa shape index (κ2) is 59.4. The number of unbranched alkanes of at least 4 members (excludes halogenated alkanes) is 48. The Morgan fingerprint density at radius 2 is 0.598 bits per heavy atom. The van der Waals surface area contributed by atoms with E-state index < -0.39 is 0 Å². The van der Waals surface area contributed by atoms with E-state index in [1.807, 2.05) is 14.4 Å². The van der Waals surface area contributed by atoms with Crippen LogP contribution in [0.4, 0.5) is 0 Å². The van der Waals surface area contributed by atoms with Gasteiger partial charge in [0.1, 0.15) is 0 Å². The molecule has 82 heavy (non-hydrogen) atoms. The molecule has 0 radical (unpaired) electrons. The van der Waals surface area contributed by atoms with Gasteiger partial charge in [-0.05, 0) is 73.9 Å². The summed E-state index contributed by atoms with van der Waals surface area (Å²) in [6, 6.07) is 17.9. The van der Waals surface area contributed by atoms with Gasteiger partial charge in [-0.15, -0.1) is 0 Å². The summed E-state index contributed by atoms with van der Waals surface area (Å²) in [5, 5.41) is 2.86. The van der Waals surface area contributed by atoms with E-state index in [0.29, 0.717) is 0 Å². The zero-order valence-corrected chi connectivity index (χ0v) is 56.9. The minimum absolute atomic E-state index is 0.911. The Balaban J connectivity index is 0.000000769. The Bertz CT molecular complexity index is 1720. The van der Waals surface area contributed by atoms with E-state index in [-0.39, 0.29) is 0 Å². The van der Waals surface area contributed by atoms with E-state index in [4.69, 9.17) is 0 Å². The van der Waals surface area contributed by atoms with Crippen LogP contribution in [0, 0.1) is 0 Å². The molecule has 0 spiro atoms. The van der Waals surface area contributed by atoms with Gasteiger partial charge in [-0.3, -0.25) is 0 Å². The third kappa shape index (κ3) is 43.6. The van der Waals surface area contributed by atoms with Gasteiger partial charge in [-0.1, -0.05) is 238 Å². The molecule has 1 aliphatic heterocycles. The molecule has 0 bridgehead atoms. The van der Waals surface area contributed by atoms with E-state index in [1.165, 1.54) is 360 Å². The molecule has 476 valence electrons. The van der Waals surface area contributed by atoms with Gasteiger partial charge >= 0.3 is 167 Å². The van der Waals surface area contributed by atoms with Gasteiger partial charge in [-0.25, -0.2) is 4.70 Å². The number of aryl methyl sites for hydroxylation is 2. The Morgan fingerprint density at radius 3 is 0.939 bits per heavy atom. The zero-order chi connectivity index (χ0) is 58.7. The summed E-state index contributed by atoms with van der Waals surface area (Å²) < 4.78 is 1.48. The predicted molar refractivity (Wildman–Crippen MR) is 366 cm³/mol. The van der Waals surface area contributed by atoms with Crippen LogP contribution < -0.4 is 0 Å². The third-order valence-electron chi connectivity index (χ3n) is 17.8. The van der Waals surface area contributed by atoms with Crippen molar-refractivity contribution in [2.45, 2.75) is 405 Å². The molecular weight excluding hydrogens is 1040 g/mol. The second-order valence-electron chi connectivity index (χ2n) is 25.8. The first-order valence-corrected chi connectivity index (χ1v) is 38.6. The molecule has 2 aromatic rings. The van der Waals surface area contributed by atoms with Crippen molar-refractivity contribution >= 4 is 11.4 Å². The van der Waals surface area contributed by atoms with Crippen molar-refractivity contribution in [1.82, 2.24) is 0 Å². The average Bonchev–Trinajstić information content (AvgIpc) is 3.88. The molecule has 2 aromatic carbocycles.